The van der Waals surface area contributed by atoms with Crippen molar-refractivity contribution in [1.82, 2.24) is 0 Å². The summed E-state index contributed by atoms with van der Waals surface area (Å²) in [5.41, 5.74) is -2.48. The normalized spacial score (nSPS) is 13.3. The second-order valence-corrected chi connectivity index (χ2v) is 9.55. The van der Waals surface area contributed by atoms with E-state index in [2.05, 4.69) is 0 Å². The Bertz CT molecular complexity index is 937. The highest BCUT2D eigenvalue weighted by atomic mass is 32.2. The molecule has 0 unspecified atom stereocenters. The lowest BCUT2D eigenvalue weighted by Gasteiger charge is -2.38. The van der Waals surface area contributed by atoms with Crippen LogP contribution < -0.4 is 0 Å². The number of hydrogen-bond donors (Lipinski definition) is 0. The molecule has 0 amide bonds. The molecule has 0 bridgehead atoms. The van der Waals surface area contributed by atoms with E-state index in [9.17, 15) is 39.3 Å². The summed E-state index contributed by atoms with van der Waals surface area (Å²) in [6, 6.07) is 6.31. The summed E-state index contributed by atoms with van der Waals surface area (Å²) >= 11 is 0. The van der Waals surface area contributed by atoms with Crippen molar-refractivity contribution in [3.63, 3.8) is 0 Å². The average Bonchev–Trinajstić information content (AvgIpc) is 2.71. The first-order chi connectivity index (χ1) is 15.2. The Labute approximate surface area is 189 Å². The highest BCUT2D eigenvalue weighted by Gasteiger charge is 2.42. The van der Waals surface area contributed by atoms with Gasteiger partial charge < -0.3 is 4.55 Å². The molecular formula is C23H25F6O3S-. The highest BCUT2D eigenvalue weighted by molar-refractivity contribution is 7.87. The number of benzene rings is 2. The minimum Gasteiger partial charge on any atom is -0.747 e. The fourth-order valence-corrected chi connectivity index (χ4v) is 5.12. The minimum atomic E-state index is -5.24. The van der Waals surface area contributed by atoms with Gasteiger partial charge in [-0.15, -0.1) is 0 Å². The van der Waals surface area contributed by atoms with E-state index >= 15 is 0 Å². The largest absolute Gasteiger partial charge is 0.747 e. The number of alkyl halides is 6. The van der Waals surface area contributed by atoms with E-state index in [4.69, 9.17) is 0 Å². The molecule has 2 aromatic carbocycles. The fraction of sp³-hybridized carbons (Fsp3) is 0.478. The predicted molar refractivity (Wildman–Crippen MR) is 111 cm³/mol. The monoisotopic (exact) mass is 495 g/mol. The molecule has 0 aliphatic rings. The molecule has 0 aliphatic carbocycles. The van der Waals surface area contributed by atoms with Crippen LogP contribution in [0, 0.1) is 0 Å². The van der Waals surface area contributed by atoms with Crippen molar-refractivity contribution >= 4 is 10.1 Å². The van der Waals surface area contributed by atoms with Gasteiger partial charge in [-0.25, -0.2) is 8.42 Å². The second-order valence-electron chi connectivity index (χ2n) is 7.95. The van der Waals surface area contributed by atoms with Crippen LogP contribution in [-0.2, 0) is 27.2 Å². The molecule has 10 heteroatoms. The SMILES string of the molecule is CCCCCCCCC(c1ccc(C(F)(F)F)cc1)(c1ccc(C(F)(F)F)cc1)S(=O)(=O)[O-]. The lowest BCUT2D eigenvalue weighted by Crippen LogP contribution is -2.37. The maximum Gasteiger partial charge on any atom is 0.416 e. The van der Waals surface area contributed by atoms with E-state index in [1.165, 1.54) is 0 Å². The van der Waals surface area contributed by atoms with Gasteiger partial charge in [0.2, 0.25) is 0 Å². The first-order valence-corrected chi connectivity index (χ1v) is 11.9. The van der Waals surface area contributed by atoms with E-state index in [1.807, 2.05) is 6.92 Å². The van der Waals surface area contributed by atoms with Crippen molar-refractivity contribution in [2.75, 3.05) is 0 Å². The molecule has 0 N–H and O–H groups in total. The predicted octanol–water partition coefficient (Wildman–Crippen LogP) is 7.26. The van der Waals surface area contributed by atoms with Gasteiger partial charge in [0.25, 0.3) is 0 Å². The van der Waals surface area contributed by atoms with Crippen molar-refractivity contribution in [3.8, 4) is 0 Å². The third-order valence-corrected chi connectivity index (χ3v) is 7.20. The first-order valence-electron chi connectivity index (χ1n) is 10.5. The van der Waals surface area contributed by atoms with Crippen molar-refractivity contribution in [1.29, 1.82) is 0 Å². The molecule has 0 aliphatic heterocycles. The van der Waals surface area contributed by atoms with E-state index in [-0.39, 0.29) is 24.0 Å². The van der Waals surface area contributed by atoms with Crippen molar-refractivity contribution in [3.05, 3.63) is 70.8 Å². The topological polar surface area (TPSA) is 57.2 Å². The van der Waals surface area contributed by atoms with Gasteiger partial charge in [0.15, 0.2) is 0 Å². The molecule has 2 rings (SSSR count). The summed E-state index contributed by atoms with van der Waals surface area (Å²) in [7, 11) is -5.24. The van der Waals surface area contributed by atoms with Crippen LogP contribution >= 0.6 is 0 Å². The molecular weight excluding hydrogens is 470 g/mol. The van der Waals surface area contributed by atoms with Crippen LogP contribution in [0.15, 0.2) is 48.5 Å². The van der Waals surface area contributed by atoms with E-state index in [0.717, 1.165) is 49.9 Å². The molecule has 0 atom stereocenters. The van der Waals surface area contributed by atoms with Crippen LogP contribution in [0.5, 0.6) is 0 Å². The minimum absolute atomic E-state index is 0.209. The summed E-state index contributed by atoms with van der Waals surface area (Å²) in [5, 5.41) is 0. The summed E-state index contributed by atoms with van der Waals surface area (Å²) < 4.78 is 113. The van der Waals surface area contributed by atoms with Gasteiger partial charge in [0.1, 0.15) is 14.9 Å². The van der Waals surface area contributed by atoms with Crippen LogP contribution in [-0.4, -0.2) is 13.0 Å². The summed E-state index contributed by atoms with van der Waals surface area (Å²) in [6.45, 7) is 2.02. The molecule has 0 saturated heterocycles. The highest BCUT2D eigenvalue weighted by Crippen LogP contribution is 2.44. The number of halogens is 6. The molecule has 33 heavy (non-hydrogen) atoms. The van der Waals surface area contributed by atoms with Gasteiger partial charge in [0.05, 0.1) is 11.1 Å². The zero-order chi connectivity index (χ0) is 24.9. The van der Waals surface area contributed by atoms with E-state index in [1.54, 1.807) is 0 Å². The Balaban J connectivity index is 2.56. The summed E-state index contributed by atoms with van der Waals surface area (Å²) in [6.07, 6.45) is -5.17. The Morgan fingerprint density at radius 3 is 1.30 bits per heavy atom. The van der Waals surface area contributed by atoms with Crippen LogP contribution in [0.2, 0.25) is 0 Å². The van der Waals surface area contributed by atoms with Gasteiger partial charge in [-0.3, -0.25) is 0 Å². The molecule has 0 aromatic heterocycles. The first kappa shape index (κ1) is 27.2. The van der Waals surface area contributed by atoms with E-state index < -0.39 is 38.3 Å². The third-order valence-electron chi connectivity index (χ3n) is 5.67. The quantitative estimate of drug-likeness (QED) is 0.198. The van der Waals surface area contributed by atoms with Crippen molar-refractivity contribution in [2.24, 2.45) is 0 Å². The van der Waals surface area contributed by atoms with Crippen molar-refractivity contribution in [2.45, 2.75) is 69.0 Å². The maximum atomic E-state index is 13.0. The summed E-state index contributed by atoms with van der Waals surface area (Å²) in [4.78, 5) is 0. The molecule has 0 fully saturated rings. The lowest BCUT2D eigenvalue weighted by molar-refractivity contribution is -0.138. The Kier molecular flexibility index (Phi) is 8.62. The standard InChI is InChI=1S/C23H26F6O3S/c1-2-3-4-5-6-7-16-21(33(30,31)32,17-8-12-19(13-9-17)22(24,25)26)18-10-14-20(15-11-18)23(27,28)29/h8-15H,2-7,16H2,1H3,(H,30,31,32)/p-1. The molecule has 2 aromatic rings. The Hall–Kier alpha value is -2.07. The molecule has 184 valence electrons. The zero-order valence-corrected chi connectivity index (χ0v) is 18.8. The van der Waals surface area contributed by atoms with Gasteiger partial charge >= 0.3 is 12.4 Å². The van der Waals surface area contributed by atoms with Crippen LogP contribution in [0.3, 0.4) is 0 Å². The number of rotatable bonds is 10. The van der Waals surface area contributed by atoms with Crippen molar-refractivity contribution < 1.29 is 39.3 Å². The fourth-order valence-electron chi connectivity index (χ4n) is 3.88. The second kappa shape index (κ2) is 10.5. The van der Waals surface area contributed by atoms with Gasteiger partial charge in [0, 0.05) is 0 Å². The van der Waals surface area contributed by atoms with E-state index in [0.29, 0.717) is 30.7 Å². The molecule has 0 radical (unpaired) electrons. The van der Waals surface area contributed by atoms with Crippen LogP contribution in [0.25, 0.3) is 0 Å². The Morgan fingerprint density at radius 2 is 0.970 bits per heavy atom. The average molecular weight is 496 g/mol. The molecule has 0 heterocycles. The molecule has 0 saturated carbocycles. The zero-order valence-electron chi connectivity index (χ0n) is 18.0. The third kappa shape index (κ3) is 6.50. The van der Waals surface area contributed by atoms with Gasteiger partial charge in [-0.2, -0.15) is 26.3 Å². The number of hydrogen-bond acceptors (Lipinski definition) is 3. The lowest BCUT2D eigenvalue weighted by atomic mass is 9.84. The molecule has 0 spiro atoms. The summed E-state index contributed by atoms with van der Waals surface area (Å²) in [5.74, 6) is 0. The van der Waals surface area contributed by atoms with Gasteiger partial charge in [-0.1, -0.05) is 69.7 Å². The molecule has 3 nitrogen and oxygen atoms in total. The Morgan fingerprint density at radius 1 is 0.636 bits per heavy atom. The van der Waals surface area contributed by atoms with Gasteiger partial charge in [-0.05, 0) is 41.8 Å². The number of unbranched alkanes of at least 4 members (excludes halogenated alkanes) is 5. The van der Waals surface area contributed by atoms with Crippen LogP contribution in [0.1, 0.15) is 74.1 Å². The maximum absolute atomic E-state index is 13.0. The smallest absolute Gasteiger partial charge is 0.416 e. The van der Waals surface area contributed by atoms with Crippen LogP contribution in [0.4, 0.5) is 26.3 Å².